The first-order valence-corrected chi connectivity index (χ1v) is 10.3. The minimum atomic E-state index is -0.144. The third kappa shape index (κ3) is 5.28. The second-order valence-electron chi connectivity index (χ2n) is 7.49. The summed E-state index contributed by atoms with van der Waals surface area (Å²) < 4.78 is 11.1. The molecule has 0 atom stereocenters. The largest absolute Gasteiger partial charge is 0.489 e. The number of aryl methyl sites for hydroxylation is 2. The molecule has 1 aromatic carbocycles. The van der Waals surface area contributed by atoms with Crippen molar-refractivity contribution in [1.82, 2.24) is 20.3 Å². The number of benzene rings is 1. The fraction of sp³-hybridized carbons (Fsp3) is 0.304. The van der Waals surface area contributed by atoms with Crippen LogP contribution >= 0.6 is 0 Å². The average molecular weight is 419 g/mol. The summed E-state index contributed by atoms with van der Waals surface area (Å²) in [5.41, 5.74) is 4.23. The van der Waals surface area contributed by atoms with Gasteiger partial charge in [0.15, 0.2) is 5.82 Å². The molecule has 1 fully saturated rings. The summed E-state index contributed by atoms with van der Waals surface area (Å²) in [5, 5.41) is 14.4. The van der Waals surface area contributed by atoms with Crippen molar-refractivity contribution in [1.29, 1.82) is 0 Å². The molecule has 2 amide bonds. The van der Waals surface area contributed by atoms with Gasteiger partial charge in [-0.05, 0) is 56.5 Å². The molecule has 1 aliphatic heterocycles. The fourth-order valence-electron chi connectivity index (χ4n) is 3.49. The van der Waals surface area contributed by atoms with E-state index in [1.807, 2.05) is 32.0 Å². The van der Waals surface area contributed by atoms with Crippen molar-refractivity contribution in [3.63, 3.8) is 0 Å². The molecule has 0 bridgehead atoms. The molecular formula is C23H25N5O3. The van der Waals surface area contributed by atoms with Gasteiger partial charge in [0.05, 0.1) is 11.3 Å². The number of hydrogen-bond acceptors (Lipinski definition) is 6. The Labute approximate surface area is 180 Å². The quantitative estimate of drug-likeness (QED) is 0.660. The van der Waals surface area contributed by atoms with Gasteiger partial charge in [-0.1, -0.05) is 28.9 Å². The van der Waals surface area contributed by atoms with Crippen LogP contribution in [0.3, 0.4) is 0 Å². The summed E-state index contributed by atoms with van der Waals surface area (Å²) >= 11 is 0. The highest BCUT2D eigenvalue weighted by atomic mass is 16.5. The Bertz CT molecular complexity index is 1050. The first-order valence-electron chi connectivity index (χ1n) is 10.3. The van der Waals surface area contributed by atoms with Crippen LogP contribution in [-0.2, 0) is 6.61 Å². The molecule has 160 valence electrons. The molecule has 1 N–H and O–H groups in total. The number of amides is 2. The number of rotatable bonds is 5. The molecule has 0 aliphatic carbocycles. The average Bonchev–Trinajstić information content (AvgIpc) is 3.11. The van der Waals surface area contributed by atoms with Crippen LogP contribution in [0.25, 0.3) is 6.08 Å². The summed E-state index contributed by atoms with van der Waals surface area (Å²) in [5.74, 6) is 2.04. The lowest BCUT2D eigenvalue weighted by Crippen LogP contribution is -2.39. The van der Waals surface area contributed by atoms with Crippen LogP contribution < -0.4 is 10.1 Å². The molecule has 3 aromatic rings. The van der Waals surface area contributed by atoms with E-state index in [0.717, 1.165) is 41.2 Å². The second-order valence-corrected chi connectivity index (χ2v) is 7.49. The van der Waals surface area contributed by atoms with Crippen molar-refractivity contribution >= 4 is 17.9 Å². The zero-order chi connectivity index (χ0) is 21.6. The fourth-order valence-corrected chi connectivity index (χ4v) is 3.49. The topological polar surface area (TPSA) is 93.4 Å². The number of piperidine rings is 1. The minimum absolute atomic E-state index is 0.144. The molecule has 0 unspecified atom stereocenters. The molecule has 0 spiro atoms. The van der Waals surface area contributed by atoms with E-state index >= 15 is 0 Å². The van der Waals surface area contributed by atoms with Gasteiger partial charge >= 0.3 is 6.03 Å². The molecule has 2 aromatic heterocycles. The molecule has 1 saturated heterocycles. The maximum absolute atomic E-state index is 12.4. The third-order valence-electron chi connectivity index (χ3n) is 5.29. The van der Waals surface area contributed by atoms with Gasteiger partial charge in [-0.25, -0.2) is 4.79 Å². The monoisotopic (exact) mass is 419 g/mol. The van der Waals surface area contributed by atoms with Crippen molar-refractivity contribution in [3.8, 4) is 5.75 Å². The van der Waals surface area contributed by atoms with E-state index in [4.69, 9.17) is 9.26 Å². The first-order chi connectivity index (χ1) is 15.1. The summed E-state index contributed by atoms with van der Waals surface area (Å²) in [6, 6.07) is 11.3. The Balaban J connectivity index is 1.32. The molecule has 8 heteroatoms. The second kappa shape index (κ2) is 9.42. The summed E-state index contributed by atoms with van der Waals surface area (Å²) in [4.78, 5) is 14.2. The van der Waals surface area contributed by atoms with E-state index in [1.165, 1.54) is 5.57 Å². The van der Waals surface area contributed by atoms with Crippen molar-refractivity contribution in [2.45, 2.75) is 33.3 Å². The highest BCUT2D eigenvalue weighted by Gasteiger charge is 2.19. The number of anilines is 1. The van der Waals surface area contributed by atoms with Crippen LogP contribution in [0.1, 0.15) is 35.4 Å². The van der Waals surface area contributed by atoms with Crippen molar-refractivity contribution in [2.24, 2.45) is 0 Å². The summed E-state index contributed by atoms with van der Waals surface area (Å²) in [7, 11) is 0. The molecule has 4 rings (SSSR count). The Kier molecular flexibility index (Phi) is 6.26. The maximum atomic E-state index is 12.4. The third-order valence-corrected chi connectivity index (χ3v) is 5.29. The molecule has 3 heterocycles. The number of nitrogens with one attached hydrogen (secondary N) is 1. The summed E-state index contributed by atoms with van der Waals surface area (Å²) in [6.07, 6.45) is 5.42. The van der Waals surface area contributed by atoms with Crippen LogP contribution in [0.2, 0.25) is 0 Å². The minimum Gasteiger partial charge on any atom is -0.489 e. The highest BCUT2D eigenvalue weighted by Crippen LogP contribution is 2.23. The predicted molar refractivity (Wildman–Crippen MR) is 117 cm³/mol. The highest BCUT2D eigenvalue weighted by molar-refractivity contribution is 5.88. The predicted octanol–water partition coefficient (Wildman–Crippen LogP) is 4.37. The number of urea groups is 1. The van der Waals surface area contributed by atoms with E-state index in [-0.39, 0.29) is 6.03 Å². The van der Waals surface area contributed by atoms with Gasteiger partial charge in [0, 0.05) is 19.3 Å². The van der Waals surface area contributed by atoms with E-state index in [0.29, 0.717) is 25.5 Å². The van der Waals surface area contributed by atoms with Gasteiger partial charge in [0.2, 0.25) is 0 Å². The van der Waals surface area contributed by atoms with E-state index < -0.39 is 0 Å². The standard InChI is InChI=1S/C23H25N5O3/c1-16-21(17(2)31-27-16)15-30-20-6-3-5-19(14-20)13-18-8-11-28(12-9-18)23(29)25-22-7-4-10-24-26-22/h3-7,10,13-14H,8-9,11-12,15H2,1-2H3,(H,25,26,29). The molecular weight excluding hydrogens is 394 g/mol. The maximum Gasteiger partial charge on any atom is 0.323 e. The number of carbonyl (C=O) groups excluding carboxylic acids is 1. The van der Waals surface area contributed by atoms with Crippen LogP contribution in [0.4, 0.5) is 10.6 Å². The molecule has 1 aliphatic rings. The number of ether oxygens (including phenoxy) is 1. The normalized spacial score (nSPS) is 13.7. The lowest BCUT2D eigenvalue weighted by molar-refractivity contribution is 0.207. The van der Waals surface area contributed by atoms with Crippen molar-refractivity contribution < 1.29 is 14.1 Å². The van der Waals surface area contributed by atoms with Crippen LogP contribution in [0.15, 0.2) is 52.7 Å². The van der Waals surface area contributed by atoms with Gasteiger partial charge in [0.1, 0.15) is 18.1 Å². The van der Waals surface area contributed by atoms with E-state index in [2.05, 4.69) is 32.8 Å². The zero-order valence-corrected chi connectivity index (χ0v) is 17.7. The number of hydrogen-bond donors (Lipinski definition) is 1. The Morgan fingerprint density at radius 2 is 2.06 bits per heavy atom. The Morgan fingerprint density at radius 1 is 1.23 bits per heavy atom. The Morgan fingerprint density at radius 3 is 2.77 bits per heavy atom. The van der Waals surface area contributed by atoms with E-state index in [1.54, 1.807) is 23.2 Å². The first kappa shape index (κ1) is 20.6. The van der Waals surface area contributed by atoms with Gasteiger partial charge in [0.25, 0.3) is 0 Å². The zero-order valence-electron chi connectivity index (χ0n) is 17.7. The molecule has 0 radical (unpaired) electrons. The SMILES string of the molecule is Cc1noc(C)c1COc1cccc(C=C2CCN(C(=O)Nc3cccnn3)CC2)c1. The lowest BCUT2D eigenvalue weighted by Gasteiger charge is -2.28. The van der Waals surface area contributed by atoms with Gasteiger partial charge in [-0.2, -0.15) is 5.10 Å². The molecule has 8 nitrogen and oxygen atoms in total. The van der Waals surface area contributed by atoms with E-state index in [9.17, 15) is 4.79 Å². The van der Waals surface area contributed by atoms with Crippen molar-refractivity contribution in [3.05, 3.63) is 70.7 Å². The van der Waals surface area contributed by atoms with Crippen LogP contribution in [-0.4, -0.2) is 39.4 Å². The van der Waals surface area contributed by atoms with Gasteiger partial charge in [-0.15, -0.1) is 5.10 Å². The van der Waals surface area contributed by atoms with Crippen LogP contribution in [0.5, 0.6) is 5.75 Å². The summed E-state index contributed by atoms with van der Waals surface area (Å²) in [6.45, 7) is 5.56. The number of carbonyl (C=O) groups is 1. The van der Waals surface area contributed by atoms with Crippen molar-refractivity contribution in [2.75, 3.05) is 18.4 Å². The Hall–Kier alpha value is -3.68. The van der Waals surface area contributed by atoms with Gasteiger partial charge in [-0.3, -0.25) is 5.32 Å². The van der Waals surface area contributed by atoms with Crippen LogP contribution in [0, 0.1) is 13.8 Å². The van der Waals surface area contributed by atoms with Gasteiger partial charge < -0.3 is 14.2 Å². The number of likely N-dealkylation sites (tertiary alicyclic amines) is 1. The smallest absolute Gasteiger partial charge is 0.323 e. The molecule has 31 heavy (non-hydrogen) atoms. The number of aromatic nitrogens is 3. The number of nitrogens with zero attached hydrogens (tertiary/aromatic N) is 4. The lowest BCUT2D eigenvalue weighted by atomic mass is 10.0. The molecule has 0 saturated carbocycles.